The maximum absolute atomic E-state index is 13.2. The summed E-state index contributed by atoms with van der Waals surface area (Å²) in [4.78, 5) is 15.7. The topological polar surface area (TPSA) is 58.4 Å². The first-order valence-corrected chi connectivity index (χ1v) is 13.0. The van der Waals surface area contributed by atoms with Crippen molar-refractivity contribution in [2.45, 2.75) is 63.7 Å². The van der Waals surface area contributed by atoms with E-state index >= 15 is 0 Å². The molecular formula is C29H43N3O. The number of benzene rings is 2. The first-order chi connectivity index (χ1) is 16.2. The zero-order valence-corrected chi connectivity index (χ0v) is 20.5. The van der Waals surface area contributed by atoms with Crippen LogP contribution in [-0.4, -0.2) is 43.5 Å². The van der Waals surface area contributed by atoms with Gasteiger partial charge in [-0.2, -0.15) is 0 Å². The van der Waals surface area contributed by atoms with Gasteiger partial charge in [-0.1, -0.05) is 99.7 Å². The minimum absolute atomic E-state index is 0.191. The summed E-state index contributed by atoms with van der Waals surface area (Å²) in [5, 5.41) is 3.40. The fourth-order valence-electron chi connectivity index (χ4n) is 5.56. The van der Waals surface area contributed by atoms with Gasteiger partial charge in [0.05, 0.1) is 0 Å². The Hall–Kier alpha value is -2.17. The average Bonchev–Trinajstić information content (AvgIpc) is 3.31. The Balaban J connectivity index is 1.54. The van der Waals surface area contributed by atoms with E-state index in [0.717, 1.165) is 50.3 Å². The van der Waals surface area contributed by atoms with Crippen molar-refractivity contribution in [3.05, 3.63) is 71.8 Å². The fraction of sp³-hybridized carbons (Fsp3) is 0.552. The molecule has 180 valence electrons. The van der Waals surface area contributed by atoms with Gasteiger partial charge in [0.25, 0.3) is 0 Å². The minimum atomic E-state index is -0.774. The predicted octanol–water partition coefficient (Wildman–Crippen LogP) is 5.12. The number of carbonyl (C=O) groups is 1. The summed E-state index contributed by atoms with van der Waals surface area (Å²) in [6, 6.07) is 20.3. The van der Waals surface area contributed by atoms with E-state index in [4.69, 9.17) is 5.73 Å². The summed E-state index contributed by atoms with van der Waals surface area (Å²) in [6.45, 7) is 7.50. The van der Waals surface area contributed by atoms with Crippen molar-refractivity contribution in [1.29, 1.82) is 0 Å². The van der Waals surface area contributed by atoms with Crippen LogP contribution in [0.3, 0.4) is 0 Å². The number of rotatable bonds is 15. The molecular weight excluding hydrogens is 406 g/mol. The molecule has 0 unspecified atom stereocenters. The smallest absolute Gasteiger partial charge is 0.232 e. The Morgan fingerprint density at radius 1 is 0.909 bits per heavy atom. The number of likely N-dealkylation sites (tertiary alicyclic amines) is 1. The monoisotopic (exact) mass is 449 g/mol. The van der Waals surface area contributed by atoms with E-state index in [0.29, 0.717) is 0 Å². The third kappa shape index (κ3) is 6.68. The summed E-state index contributed by atoms with van der Waals surface area (Å²) < 4.78 is 0. The molecule has 2 aromatic carbocycles. The number of nitrogens with two attached hydrogens (primary N) is 1. The standard InChI is InChI=1S/C29H43N3O/c1-2-31-21-14-6-4-3-5-7-15-22-32-23-20-27(24-32)29(28(30)33,25-16-10-8-11-17-25)26-18-12-9-13-19-26/h8-13,16-19,27,31H,2-7,14-15,20-24H2,1H3,(H2,30,33)/t27-/m0/s1. The van der Waals surface area contributed by atoms with Gasteiger partial charge in [0.1, 0.15) is 5.41 Å². The molecule has 0 aliphatic carbocycles. The van der Waals surface area contributed by atoms with Gasteiger partial charge in [-0.3, -0.25) is 4.79 Å². The highest BCUT2D eigenvalue weighted by atomic mass is 16.1. The van der Waals surface area contributed by atoms with E-state index < -0.39 is 5.41 Å². The summed E-state index contributed by atoms with van der Waals surface area (Å²) in [5.41, 5.74) is 7.47. The van der Waals surface area contributed by atoms with Crippen LogP contribution < -0.4 is 11.1 Å². The number of amides is 1. The number of nitrogens with zero attached hydrogens (tertiary/aromatic N) is 1. The summed E-state index contributed by atoms with van der Waals surface area (Å²) in [6.07, 6.45) is 10.2. The van der Waals surface area contributed by atoms with Gasteiger partial charge in [-0.15, -0.1) is 0 Å². The molecule has 33 heavy (non-hydrogen) atoms. The second-order valence-electron chi connectivity index (χ2n) is 9.52. The predicted molar refractivity (Wildman–Crippen MR) is 138 cm³/mol. The SMILES string of the molecule is CCNCCCCCCCCCN1CC[C@H](C(C(N)=O)(c2ccccc2)c2ccccc2)C1. The van der Waals surface area contributed by atoms with Gasteiger partial charge in [-0.25, -0.2) is 0 Å². The molecule has 3 N–H and O–H groups in total. The van der Waals surface area contributed by atoms with Crippen LogP contribution in [0.5, 0.6) is 0 Å². The lowest BCUT2D eigenvalue weighted by molar-refractivity contribution is -0.123. The lowest BCUT2D eigenvalue weighted by Gasteiger charge is -2.37. The number of unbranched alkanes of at least 4 members (excludes halogenated alkanes) is 6. The number of hydrogen-bond donors (Lipinski definition) is 2. The Kier molecular flexibility index (Phi) is 10.4. The molecule has 0 saturated carbocycles. The molecule has 1 aliphatic heterocycles. The van der Waals surface area contributed by atoms with E-state index in [1.165, 1.54) is 44.9 Å². The molecule has 4 nitrogen and oxygen atoms in total. The molecule has 1 aliphatic rings. The van der Waals surface area contributed by atoms with Crippen LogP contribution in [0, 0.1) is 5.92 Å². The lowest BCUT2D eigenvalue weighted by atomic mass is 9.64. The number of nitrogens with one attached hydrogen (secondary N) is 1. The molecule has 2 aromatic rings. The van der Waals surface area contributed by atoms with Gasteiger partial charge >= 0.3 is 0 Å². The molecule has 3 rings (SSSR count). The van der Waals surface area contributed by atoms with Crippen molar-refractivity contribution in [3.8, 4) is 0 Å². The molecule has 1 amide bonds. The molecule has 1 saturated heterocycles. The number of carbonyl (C=O) groups excluding carboxylic acids is 1. The van der Waals surface area contributed by atoms with Crippen LogP contribution in [0.1, 0.15) is 69.4 Å². The van der Waals surface area contributed by atoms with Crippen molar-refractivity contribution >= 4 is 5.91 Å². The number of primary amides is 1. The third-order valence-electron chi connectivity index (χ3n) is 7.31. The Labute approximate surface area is 200 Å². The zero-order chi connectivity index (χ0) is 23.4. The maximum atomic E-state index is 13.2. The van der Waals surface area contributed by atoms with E-state index in [2.05, 4.69) is 41.4 Å². The first-order valence-electron chi connectivity index (χ1n) is 13.0. The molecule has 4 heteroatoms. The van der Waals surface area contributed by atoms with Crippen molar-refractivity contribution in [2.75, 3.05) is 32.7 Å². The Morgan fingerprint density at radius 3 is 2.00 bits per heavy atom. The minimum Gasteiger partial charge on any atom is -0.369 e. The van der Waals surface area contributed by atoms with Gasteiger partial charge in [0.15, 0.2) is 0 Å². The zero-order valence-electron chi connectivity index (χ0n) is 20.5. The van der Waals surface area contributed by atoms with Crippen LogP contribution in [0.25, 0.3) is 0 Å². The quantitative estimate of drug-likeness (QED) is 0.371. The normalized spacial score (nSPS) is 16.8. The van der Waals surface area contributed by atoms with E-state index in [1.54, 1.807) is 0 Å². The van der Waals surface area contributed by atoms with Crippen LogP contribution >= 0.6 is 0 Å². The van der Waals surface area contributed by atoms with Gasteiger partial charge in [0, 0.05) is 6.54 Å². The second kappa shape index (κ2) is 13.5. The maximum Gasteiger partial charge on any atom is 0.232 e. The average molecular weight is 450 g/mol. The fourth-order valence-corrected chi connectivity index (χ4v) is 5.56. The Morgan fingerprint density at radius 2 is 1.45 bits per heavy atom. The molecule has 0 radical (unpaired) electrons. The van der Waals surface area contributed by atoms with Crippen LogP contribution in [0.2, 0.25) is 0 Å². The van der Waals surface area contributed by atoms with Crippen molar-refractivity contribution < 1.29 is 4.79 Å². The van der Waals surface area contributed by atoms with Gasteiger partial charge in [0.2, 0.25) is 5.91 Å². The second-order valence-corrected chi connectivity index (χ2v) is 9.52. The van der Waals surface area contributed by atoms with Gasteiger partial charge in [-0.05, 0) is 62.5 Å². The first kappa shape index (κ1) is 25.5. The summed E-state index contributed by atoms with van der Waals surface area (Å²) >= 11 is 0. The highest BCUT2D eigenvalue weighted by molar-refractivity contribution is 5.91. The highest BCUT2D eigenvalue weighted by Gasteiger charge is 2.49. The van der Waals surface area contributed by atoms with Crippen molar-refractivity contribution in [2.24, 2.45) is 11.7 Å². The molecule has 1 atom stereocenters. The highest BCUT2D eigenvalue weighted by Crippen LogP contribution is 2.43. The van der Waals surface area contributed by atoms with Crippen LogP contribution in [0.4, 0.5) is 0 Å². The molecule has 0 aromatic heterocycles. The lowest BCUT2D eigenvalue weighted by Crippen LogP contribution is -2.49. The van der Waals surface area contributed by atoms with E-state index in [9.17, 15) is 4.79 Å². The summed E-state index contributed by atoms with van der Waals surface area (Å²) in [5.74, 6) is -0.0441. The third-order valence-corrected chi connectivity index (χ3v) is 7.31. The Bertz CT molecular complexity index is 769. The van der Waals surface area contributed by atoms with Crippen molar-refractivity contribution in [1.82, 2.24) is 10.2 Å². The van der Waals surface area contributed by atoms with Crippen molar-refractivity contribution in [3.63, 3.8) is 0 Å². The molecule has 0 spiro atoms. The largest absolute Gasteiger partial charge is 0.369 e. The summed E-state index contributed by atoms with van der Waals surface area (Å²) in [7, 11) is 0. The van der Waals surface area contributed by atoms with E-state index in [-0.39, 0.29) is 11.8 Å². The molecule has 1 heterocycles. The van der Waals surface area contributed by atoms with Gasteiger partial charge < -0.3 is 16.0 Å². The number of hydrogen-bond acceptors (Lipinski definition) is 3. The van der Waals surface area contributed by atoms with Crippen LogP contribution in [-0.2, 0) is 10.2 Å². The van der Waals surface area contributed by atoms with Crippen LogP contribution in [0.15, 0.2) is 60.7 Å². The molecule has 0 bridgehead atoms. The van der Waals surface area contributed by atoms with E-state index in [1.807, 2.05) is 36.4 Å². The molecule has 1 fully saturated rings.